The number of rotatable bonds is 5. The Morgan fingerprint density at radius 3 is 2.26 bits per heavy atom. The molecule has 1 aromatic heterocycles. The van der Waals surface area contributed by atoms with Crippen molar-refractivity contribution in [1.29, 1.82) is 0 Å². The monoisotopic (exact) mass is 526 g/mol. The molecule has 1 saturated heterocycles. The summed E-state index contributed by atoms with van der Waals surface area (Å²) in [6, 6.07) is 7.15. The maximum atomic E-state index is 13.2. The van der Waals surface area contributed by atoms with Crippen LogP contribution in [0.25, 0.3) is 5.69 Å². The standard InChI is InChI=1S/C26H34N6O6/c1-17-15-30(13-14-31(17)21(34)26(5,6)29-24(37)38-25(2,3)4)22(35)27-20-11-12-32(23(36)28-20)19-9-7-18(16-33)8-10-19/h7-12,16-17H,13-15H2,1-6H3,(H,29,37)(H,27,28,35,36)/t17-/m1/s1. The van der Waals surface area contributed by atoms with Crippen molar-refractivity contribution in [2.45, 2.75) is 58.7 Å². The maximum absolute atomic E-state index is 13.2. The van der Waals surface area contributed by atoms with Crippen LogP contribution < -0.4 is 16.3 Å². The number of carbonyl (C=O) groups excluding carboxylic acids is 4. The Balaban J connectivity index is 1.60. The summed E-state index contributed by atoms with van der Waals surface area (Å²) in [5.74, 6) is -0.197. The van der Waals surface area contributed by atoms with Crippen LogP contribution in [0.2, 0.25) is 0 Å². The van der Waals surface area contributed by atoms with Crippen molar-refractivity contribution in [3.63, 3.8) is 0 Å². The van der Waals surface area contributed by atoms with Crippen LogP contribution in [0.4, 0.5) is 15.4 Å². The van der Waals surface area contributed by atoms with Gasteiger partial charge in [-0.25, -0.2) is 14.4 Å². The lowest BCUT2D eigenvalue weighted by atomic mass is 10.0. The number of amides is 4. The Labute approximate surface area is 221 Å². The number of anilines is 1. The van der Waals surface area contributed by atoms with Crippen LogP contribution in [0.15, 0.2) is 41.3 Å². The molecule has 12 nitrogen and oxygen atoms in total. The molecular formula is C26H34N6O6. The van der Waals surface area contributed by atoms with Crippen LogP contribution in [0.3, 0.4) is 0 Å². The molecule has 3 rings (SSSR count). The lowest BCUT2D eigenvalue weighted by Gasteiger charge is -2.42. The molecule has 1 aromatic carbocycles. The van der Waals surface area contributed by atoms with Crippen LogP contribution >= 0.6 is 0 Å². The van der Waals surface area contributed by atoms with Crippen LogP contribution in [-0.4, -0.2) is 80.5 Å². The predicted octanol–water partition coefficient (Wildman–Crippen LogP) is 2.41. The highest BCUT2D eigenvalue weighted by Gasteiger charge is 2.39. The third-order valence-corrected chi connectivity index (χ3v) is 5.87. The van der Waals surface area contributed by atoms with E-state index < -0.39 is 29.0 Å². The predicted molar refractivity (Wildman–Crippen MR) is 140 cm³/mol. The quantitative estimate of drug-likeness (QED) is 0.570. The zero-order valence-electron chi connectivity index (χ0n) is 22.5. The lowest BCUT2D eigenvalue weighted by Crippen LogP contribution is -2.63. The second-order valence-electron chi connectivity index (χ2n) is 10.7. The fraction of sp³-hybridized carbons (Fsp3) is 0.462. The number of aromatic nitrogens is 2. The molecule has 2 aromatic rings. The number of urea groups is 1. The number of benzene rings is 1. The molecule has 0 aliphatic carbocycles. The number of hydrogen-bond donors (Lipinski definition) is 2. The molecule has 1 fully saturated rings. The van der Waals surface area contributed by atoms with Crippen molar-refractivity contribution in [3.8, 4) is 5.69 Å². The minimum Gasteiger partial charge on any atom is -0.444 e. The van der Waals surface area contributed by atoms with Crippen molar-refractivity contribution in [2.24, 2.45) is 0 Å². The summed E-state index contributed by atoms with van der Waals surface area (Å²) in [7, 11) is 0. The molecule has 12 heteroatoms. The van der Waals surface area contributed by atoms with Crippen LogP contribution in [0.5, 0.6) is 0 Å². The number of carbonyl (C=O) groups is 4. The van der Waals surface area contributed by atoms with E-state index in [9.17, 15) is 24.0 Å². The van der Waals surface area contributed by atoms with Crippen molar-refractivity contribution in [3.05, 3.63) is 52.6 Å². The first-order valence-corrected chi connectivity index (χ1v) is 12.2. The Morgan fingerprint density at radius 2 is 1.71 bits per heavy atom. The van der Waals surface area contributed by atoms with E-state index in [1.807, 2.05) is 6.92 Å². The van der Waals surface area contributed by atoms with E-state index in [1.165, 1.54) is 21.7 Å². The number of piperazine rings is 1. The van der Waals surface area contributed by atoms with Crippen molar-refractivity contribution >= 4 is 30.1 Å². The molecule has 2 heterocycles. The number of nitrogens with one attached hydrogen (secondary N) is 2. The van der Waals surface area contributed by atoms with E-state index in [4.69, 9.17) is 4.74 Å². The second-order valence-corrected chi connectivity index (χ2v) is 10.7. The van der Waals surface area contributed by atoms with E-state index in [0.29, 0.717) is 17.5 Å². The molecule has 2 N–H and O–H groups in total. The normalized spacial score (nSPS) is 16.0. The van der Waals surface area contributed by atoms with Gasteiger partial charge in [0.15, 0.2) is 0 Å². The summed E-state index contributed by atoms with van der Waals surface area (Å²) in [6.07, 6.45) is 1.51. The average Bonchev–Trinajstić information content (AvgIpc) is 2.82. The van der Waals surface area contributed by atoms with Gasteiger partial charge in [0.05, 0.1) is 5.69 Å². The van der Waals surface area contributed by atoms with Gasteiger partial charge in [-0.1, -0.05) is 0 Å². The molecule has 0 radical (unpaired) electrons. The van der Waals surface area contributed by atoms with Crippen LogP contribution in [0, 0.1) is 0 Å². The molecule has 38 heavy (non-hydrogen) atoms. The fourth-order valence-corrected chi connectivity index (χ4v) is 3.99. The summed E-state index contributed by atoms with van der Waals surface area (Å²) >= 11 is 0. The van der Waals surface area contributed by atoms with Gasteiger partial charge in [-0.2, -0.15) is 4.98 Å². The summed E-state index contributed by atoms with van der Waals surface area (Å²) in [5, 5.41) is 5.26. The van der Waals surface area contributed by atoms with Gasteiger partial charge in [0, 0.05) is 37.4 Å². The number of aldehydes is 1. The van der Waals surface area contributed by atoms with E-state index in [-0.39, 0.29) is 37.4 Å². The third-order valence-electron chi connectivity index (χ3n) is 5.87. The van der Waals surface area contributed by atoms with Gasteiger partial charge < -0.3 is 19.9 Å². The second kappa shape index (κ2) is 11.0. The zero-order chi connectivity index (χ0) is 28.3. The smallest absolute Gasteiger partial charge is 0.408 e. The van der Waals surface area contributed by atoms with Gasteiger partial charge in [0.2, 0.25) is 5.91 Å². The van der Waals surface area contributed by atoms with Gasteiger partial charge in [-0.05, 0) is 71.9 Å². The Bertz CT molecular complexity index is 1260. The van der Waals surface area contributed by atoms with Crippen molar-refractivity contribution in [1.82, 2.24) is 24.7 Å². The van der Waals surface area contributed by atoms with E-state index in [2.05, 4.69) is 15.6 Å². The highest BCUT2D eigenvalue weighted by Crippen LogP contribution is 2.18. The van der Waals surface area contributed by atoms with Gasteiger partial charge in [-0.3, -0.25) is 19.5 Å². The van der Waals surface area contributed by atoms with Crippen LogP contribution in [0.1, 0.15) is 51.9 Å². The topological polar surface area (TPSA) is 143 Å². The maximum Gasteiger partial charge on any atom is 0.408 e. The zero-order valence-corrected chi connectivity index (χ0v) is 22.5. The molecule has 4 amide bonds. The number of hydrogen-bond acceptors (Lipinski definition) is 7. The molecule has 0 spiro atoms. The highest BCUT2D eigenvalue weighted by atomic mass is 16.6. The average molecular weight is 527 g/mol. The SMILES string of the molecule is C[C@@H]1CN(C(=O)Nc2ccn(-c3ccc(C=O)cc3)c(=O)n2)CCN1C(=O)C(C)(C)NC(=O)OC(C)(C)C. The molecule has 0 saturated carbocycles. The Morgan fingerprint density at radius 1 is 1.05 bits per heavy atom. The number of ether oxygens (including phenoxy) is 1. The molecule has 1 aliphatic rings. The lowest BCUT2D eigenvalue weighted by molar-refractivity contribution is -0.141. The van der Waals surface area contributed by atoms with E-state index in [0.717, 1.165) is 0 Å². The minimum atomic E-state index is -1.21. The summed E-state index contributed by atoms with van der Waals surface area (Å²) in [5.41, 5.74) is -1.48. The van der Waals surface area contributed by atoms with Crippen LogP contribution in [-0.2, 0) is 9.53 Å². The van der Waals surface area contributed by atoms with Gasteiger partial charge in [-0.15, -0.1) is 0 Å². The van der Waals surface area contributed by atoms with E-state index >= 15 is 0 Å². The first kappa shape index (κ1) is 28.4. The number of nitrogens with zero attached hydrogens (tertiary/aromatic N) is 4. The summed E-state index contributed by atoms with van der Waals surface area (Å²) in [4.78, 5) is 68.7. The van der Waals surface area contributed by atoms with Crippen molar-refractivity contribution < 1.29 is 23.9 Å². The van der Waals surface area contributed by atoms with Gasteiger partial charge >= 0.3 is 17.8 Å². The summed E-state index contributed by atoms with van der Waals surface area (Å²) < 4.78 is 6.56. The Hall–Kier alpha value is -4.22. The number of alkyl carbamates (subject to hydrolysis) is 1. The van der Waals surface area contributed by atoms with E-state index in [1.54, 1.807) is 63.8 Å². The molecule has 1 aliphatic heterocycles. The first-order chi connectivity index (χ1) is 17.7. The first-order valence-electron chi connectivity index (χ1n) is 12.2. The fourth-order valence-electron chi connectivity index (χ4n) is 3.99. The molecule has 0 bridgehead atoms. The molecule has 1 atom stereocenters. The largest absolute Gasteiger partial charge is 0.444 e. The van der Waals surface area contributed by atoms with Crippen molar-refractivity contribution in [2.75, 3.05) is 25.0 Å². The Kier molecular flexibility index (Phi) is 8.23. The minimum absolute atomic E-state index is 0.0922. The molecule has 0 unspecified atom stereocenters. The summed E-state index contributed by atoms with van der Waals surface area (Å²) in [6.45, 7) is 11.0. The van der Waals surface area contributed by atoms with Gasteiger partial charge in [0.25, 0.3) is 0 Å². The molecule has 204 valence electrons. The molecular weight excluding hydrogens is 492 g/mol. The highest BCUT2D eigenvalue weighted by molar-refractivity contribution is 5.91. The third kappa shape index (κ3) is 6.96. The van der Waals surface area contributed by atoms with Gasteiger partial charge in [0.1, 0.15) is 23.2 Å².